The smallest absolute Gasteiger partial charge is 0.227 e. The molecule has 3 nitrogen and oxygen atoms in total. The lowest BCUT2D eigenvalue weighted by atomic mass is 9.77. The highest BCUT2D eigenvalue weighted by atomic mass is 32.1. The van der Waals surface area contributed by atoms with Crippen molar-refractivity contribution in [3.05, 3.63) is 22.4 Å². The van der Waals surface area contributed by atoms with E-state index in [0.29, 0.717) is 0 Å². The van der Waals surface area contributed by atoms with Crippen LogP contribution in [0.15, 0.2) is 16.8 Å². The van der Waals surface area contributed by atoms with Crippen molar-refractivity contribution in [2.24, 2.45) is 5.41 Å². The molecule has 0 saturated carbocycles. The molecule has 1 unspecified atom stereocenters. The fourth-order valence-electron chi connectivity index (χ4n) is 2.57. The molecule has 0 radical (unpaired) electrons. The summed E-state index contributed by atoms with van der Waals surface area (Å²) in [7, 11) is 0. The molecular weight excluding hydrogens is 244 g/mol. The molecule has 1 aromatic heterocycles. The Morgan fingerprint density at radius 1 is 1.61 bits per heavy atom. The molecule has 1 fully saturated rings. The molecule has 18 heavy (non-hydrogen) atoms. The fraction of sp³-hybridized carbons (Fsp3) is 0.643. The molecule has 1 atom stereocenters. The highest BCUT2D eigenvalue weighted by Crippen LogP contribution is 2.30. The minimum Gasteiger partial charge on any atom is -0.355 e. The van der Waals surface area contributed by atoms with Crippen molar-refractivity contribution in [2.45, 2.75) is 32.6 Å². The van der Waals surface area contributed by atoms with Crippen molar-refractivity contribution in [1.29, 1.82) is 0 Å². The minimum atomic E-state index is -0.174. The number of amides is 1. The first-order valence-electron chi connectivity index (χ1n) is 6.77. The van der Waals surface area contributed by atoms with Crippen LogP contribution in [0.4, 0.5) is 0 Å². The highest BCUT2D eigenvalue weighted by molar-refractivity contribution is 7.07. The van der Waals surface area contributed by atoms with Gasteiger partial charge in [-0.05, 0) is 54.6 Å². The molecule has 1 aliphatic heterocycles. The Hall–Kier alpha value is -0.870. The molecule has 0 spiro atoms. The van der Waals surface area contributed by atoms with Gasteiger partial charge in [0.05, 0.1) is 5.41 Å². The maximum atomic E-state index is 12.3. The van der Waals surface area contributed by atoms with Gasteiger partial charge in [-0.15, -0.1) is 0 Å². The van der Waals surface area contributed by atoms with Gasteiger partial charge < -0.3 is 10.6 Å². The Morgan fingerprint density at radius 3 is 3.11 bits per heavy atom. The Balaban J connectivity index is 1.82. The fourth-order valence-corrected chi connectivity index (χ4v) is 3.27. The summed E-state index contributed by atoms with van der Waals surface area (Å²) in [6.07, 6.45) is 3.97. The number of hydrogen-bond donors (Lipinski definition) is 2. The van der Waals surface area contributed by atoms with Crippen molar-refractivity contribution in [3.8, 4) is 0 Å². The van der Waals surface area contributed by atoms with Gasteiger partial charge in [-0.1, -0.05) is 6.92 Å². The summed E-state index contributed by atoms with van der Waals surface area (Å²) in [6, 6.07) is 2.12. The number of thiophene rings is 1. The topological polar surface area (TPSA) is 41.1 Å². The Morgan fingerprint density at radius 2 is 2.50 bits per heavy atom. The minimum absolute atomic E-state index is 0.174. The van der Waals surface area contributed by atoms with Gasteiger partial charge in [0.1, 0.15) is 0 Å². The van der Waals surface area contributed by atoms with E-state index >= 15 is 0 Å². The molecule has 1 aromatic rings. The summed E-state index contributed by atoms with van der Waals surface area (Å²) >= 11 is 1.71. The zero-order valence-electron chi connectivity index (χ0n) is 11.0. The third-order valence-corrected chi connectivity index (χ3v) is 4.64. The standard InChI is InChI=1S/C14H22N2OS/c1-2-14(6-3-7-15-11-14)13(17)16-8-4-12-5-9-18-10-12/h5,9-10,15H,2-4,6-8,11H2,1H3,(H,16,17). The van der Waals surface area contributed by atoms with Crippen LogP contribution in [-0.4, -0.2) is 25.5 Å². The lowest BCUT2D eigenvalue weighted by Gasteiger charge is -2.35. The molecular formula is C14H22N2OS. The quantitative estimate of drug-likeness (QED) is 0.858. The van der Waals surface area contributed by atoms with E-state index in [1.165, 1.54) is 5.56 Å². The van der Waals surface area contributed by atoms with E-state index in [2.05, 4.69) is 34.4 Å². The van der Waals surface area contributed by atoms with Crippen LogP contribution < -0.4 is 10.6 Å². The number of nitrogens with one attached hydrogen (secondary N) is 2. The predicted octanol–water partition coefficient (Wildman–Crippen LogP) is 2.19. The van der Waals surface area contributed by atoms with Crippen molar-refractivity contribution in [1.82, 2.24) is 10.6 Å². The second kappa shape index (κ2) is 6.34. The second-order valence-electron chi connectivity index (χ2n) is 5.05. The van der Waals surface area contributed by atoms with E-state index in [1.54, 1.807) is 11.3 Å². The summed E-state index contributed by atoms with van der Waals surface area (Å²) < 4.78 is 0. The molecule has 2 heterocycles. The number of rotatable bonds is 5. The maximum absolute atomic E-state index is 12.3. The van der Waals surface area contributed by atoms with Crippen LogP contribution in [0.25, 0.3) is 0 Å². The molecule has 1 amide bonds. The lowest BCUT2D eigenvalue weighted by molar-refractivity contribution is -0.132. The lowest BCUT2D eigenvalue weighted by Crippen LogP contribution is -2.50. The second-order valence-corrected chi connectivity index (χ2v) is 5.83. The van der Waals surface area contributed by atoms with Crippen LogP contribution in [0, 0.1) is 5.41 Å². The van der Waals surface area contributed by atoms with Crippen LogP contribution in [0.1, 0.15) is 31.7 Å². The van der Waals surface area contributed by atoms with Crippen molar-refractivity contribution in [2.75, 3.05) is 19.6 Å². The molecule has 0 aromatic carbocycles. The van der Waals surface area contributed by atoms with Gasteiger partial charge in [0.25, 0.3) is 0 Å². The Kier molecular flexibility index (Phi) is 4.78. The highest BCUT2D eigenvalue weighted by Gasteiger charge is 2.37. The van der Waals surface area contributed by atoms with Gasteiger partial charge in [-0.3, -0.25) is 4.79 Å². The third-order valence-electron chi connectivity index (χ3n) is 3.91. The third kappa shape index (κ3) is 3.12. The zero-order valence-corrected chi connectivity index (χ0v) is 11.8. The monoisotopic (exact) mass is 266 g/mol. The first kappa shape index (κ1) is 13.6. The van der Waals surface area contributed by atoms with Crippen molar-refractivity contribution in [3.63, 3.8) is 0 Å². The van der Waals surface area contributed by atoms with Crippen LogP contribution in [-0.2, 0) is 11.2 Å². The molecule has 0 aliphatic carbocycles. The summed E-state index contributed by atoms with van der Waals surface area (Å²) in [5.74, 6) is 0.229. The van der Waals surface area contributed by atoms with E-state index < -0.39 is 0 Å². The predicted molar refractivity (Wildman–Crippen MR) is 75.9 cm³/mol. The SMILES string of the molecule is CCC1(C(=O)NCCc2ccsc2)CCCNC1. The first-order valence-corrected chi connectivity index (χ1v) is 7.71. The summed E-state index contributed by atoms with van der Waals surface area (Å²) in [5.41, 5.74) is 1.14. The molecule has 0 bridgehead atoms. The van der Waals surface area contributed by atoms with Gasteiger partial charge in [-0.2, -0.15) is 11.3 Å². The Labute approximate surface area is 113 Å². The number of carbonyl (C=O) groups is 1. The van der Waals surface area contributed by atoms with E-state index in [1.807, 2.05) is 0 Å². The maximum Gasteiger partial charge on any atom is 0.227 e. The summed E-state index contributed by atoms with van der Waals surface area (Å²) in [6.45, 7) is 4.74. The largest absolute Gasteiger partial charge is 0.355 e. The van der Waals surface area contributed by atoms with Gasteiger partial charge >= 0.3 is 0 Å². The molecule has 1 saturated heterocycles. The summed E-state index contributed by atoms with van der Waals surface area (Å²) in [5, 5.41) is 10.7. The summed E-state index contributed by atoms with van der Waals surface area (Å²) in [4.78, 5) is 12.3. The van der Waals surface area contributed by atoms with Crippen molar-refractivity contribution < 1.29 is 4.79 Å². The van der Waals surface area contributed by atoms with Gasteiger partial charge in [0.2, 0.25) is 5.91 Å². The van der Waals surface area contributed by atoms with E-state index in [-0.39, 0.29) is 11.3 Å². The van der Waals surface area contributed by atoms with E-state index in [9.17, 15) is 4.79 Å². The van der Waals surface area contributed by atoms with E-state index in [0.717, 1.165) is 45.3 Å². The van der Waals surface area contributed by atoms with Crippen LogP contribution in [0.3, 0.4) is 0 Å². The molecule has 2 N–H and O–H groups in total. The normalized spacial score (nSPS) is 23.8. The van der Waals surface area contributed by atoms with Gasteiger partial charge in [0, 0.05) is 13.1 Å². The van der Waals surface area contributed by atoms with Crippen LogP contribution >= 0.6 is 11.3 Å². The van der Waals surface area contributed by atoms with Gasteiger partial charge in [0.15, 0.2) is 0 Å². The first-order chi connectivity index (χ1) is 8.77. The van der Waals surface area contributed by atoms with Crippen LogP contribution in [0.2, 0.25) is 0 Å². The average Bonchev–Trinajstić information content (AvgIpc) is 2.92. The number of piperidine rings is 1. The number of carbonyl (C=O) groups excluding carboxylic acids is 1. The zero-order chi connectivity index (χ0) is 12.8. The molecule has 100 valence electrons. The van der Waals surface area contributed by atoms with Crippen molar-refractivity contribution >= 4 is 17.2 Å². The Bertz CT molecular complexity index is 369. The molecule has 2 rings (SSSR count). The number of hydrogen-bond acceptors (Lipinski definition) is 3. The van der Waals surface area contributed by atoms with E-state index in [4.69, 9.17) is 0 Å². The average molecular weight is 266 g/mol. The molecule has 1 aliphatic rings. The van der Waals surface area contributed by atoms with Crippen LogP contribution in [0.5, 0.6) is 0 Å². The van der Waals surface area contributed by atoms with Gasteiger partial charge in [-0.25, -0.2) is 0 Å². The molecule has 4 heteroatoms.